The molecule has 0 radical (unpaired) electrons. The molecule has 1 N–H and O–H groups in total. The number of carbonyl (C=O) groups is 1. The van der Waals surface area contributed by atoms with Crippen LogP contribution in [0.5, 0.6) is 0 Å². The van der Waals surface area contributed by atoms with Crippen molar-refractivity contribution in [3.8, 4) is 0 Å². The Labute approximate surface area is 194 Å². The lowest BCUT2D eigenvalue weighted by Gasteiger charge is -2.20. The molecule has 3 rings (SSSR count). The average Bonchev–Trinajstić information content (AvgIpc) is 2.78. The second kappa shape index (κ2) is 10.2. The van der Waals surface area contributed by atoms with Gasteiger partial charge in [-0.25, -0.2) is 8.42 Å². The van der Waals surface area contributed by atoms with Gasteiger partial charge in [0, 0.05) is 25.7 Å². The first-order valence-electron chi connectivity index (χ1n) is 10.0. The van der Waals surface area contributed by atoms with Crippen LogP contribution in [0.4, 0.5) is 5.69 Å². The fourth-order valence-electron chi connectivity index (χ4n) is 3.18. The summed E-state index contributed by atoms with van der Waals surface area (Å²) < 4.78 is 27.4. The van der Waals surface area contributed by atoms with Crippen LogP contribution in [-0.4, -0.2) is 40.4 Å². The molecular formula is C24H26ClN3O3S. The average molecular weight is 472 g/mol. The van der Waals surface area contributed by atoms with Crippen molar-refractivity contribution in [1.82, 2.24) is 10.2 Å². The molecule has 3 aromatic carbocycles. The van der Waals surface area contributed by atoms with E-state index in [9.17, 15) is 13.2 Å². The van der Waals surface area contributed by atoms with Gasteiger partial charge in [0.15, 0.2) is 0 Å². The van der Waals surface area contributed by atoms with Crippen LogP contribution in [0.25, 0.3) is 0 Å². The molecule has 0 aliphatic heterocycles. The van der Waals surface area contributed by atoms with Crippen LogP contribution >= 0.6 is 11.6 Å². The Kier molecular flexibility index (Phi) is 7.56. The summed E-state index contributed by atoms with van der Waals surface area (Å²) in [5, 5.41) is 2.89. The summed E-state index contributed by atoms with van der Waals surface area (Å²) in [6.07, 6.45) is 0. The molecule has 3 aromatic rings. The molecule has 0 heterocycles. The summed E-state index contributed by atoms with van der Waals surface area (Å²) in [5.41, 5.74) is 2.85. The first-order valence-corrected chi connectivity index (χ1v) is 11.8. The van der Waals surface area contributed by atoms with E-state index >= 15 is 0 Å². The van der Waals surface area contributed by atoms with Gasteiger partial charge >= 0.3 is 0 Å². The van der Waals surface area contributed by atoms with E-state index in [2.05, 4.69) is 10.2 Å². The molecule has 8 heteroatoms. The van der Waals surface area contributed by atoms with Crippen molar-refractivity contribution in [3.63, 3.8) is 0 Å². The molecule has 1 amide bonds. The molecular weight excluding hydrogens is 446 g/mol. The van der Waals surface area contributed by atoms with Crippen LogP contribution in [-0.2, 0) is 23.1 Å². The highest BCUT2D eigenvalue weighted by molar-refractivity contribution is 7.93. The molecule has 0 fully saturated rings. The van der Waals surface area contributed by atoms with Gasteiger partial charge in [-0.05, 0) is 55.6 Å². The SMILES string of the molecule is CN(C)Cc1ccc(CNC(=O)c2ccc(Cl)c(S(=O)(=O)N(C)c3ccccc3)c2)cc1. The van der Waals surface area contributed by atoms with Gasteiger partial charge in [0.2, 0.25) is 0 Å². The number of nitrogens with zero attached hydrogens (tertiary/aromatic N) is 2. The largest absolute Gasteiger partial charge is 0.348 e. The van der Waals surface area contributed by atoms with E-state index in [-0.39, 0.29) is 21.4 Å². The van der Waals surface area contributed by atoms with Gasteiger partial charge in [-0.15, -0.1) is 0 Å². The third-order valence-corrected chi connectivity index (χ3v) is 7.19. The highest BCUT2D eigenvalue weighted by Gasteiger charge is 2.25. The fourth-order valence-corrected chi connectivity index (χ4v) is 4.87. The second-order valence-electron chi connectivity index (χ2n) is 7.69. The molecule has 0 saturated heterocycles. The van der Waals surface area contributed by atoms with Gasteiger partial charge in [0.1, 0.15) is 4.90 Å². The number of halogens is 1. The molecule has 0 bridgehead atoms. The van der Waals surface area contributed by atoms with Gasteiger partial charge in [0.25, 0.3) is 15.9 Å². The second-order valence-corrected chi connectivity index (χ2v) is 10.0. The topological polar surface area (TPSA) is 69.7 Å². The zero-order chi connectivity index (χ0) is 23.3. The van der Waals surface area contributed by atoms with Crippen molar-refractivity contribution in [3.05, 3.63) is 94.5 Å². The minimum absolute atomic E-state index is 0.0563. The number of anilines is 1. The van der Waals surface area contributed by atoms with E-state index in [1.54, 1.807) is 30.3 Å². The monoisotopic (exact) mass is 471 g/mol. The normalized spacial score (nSPS) is 11.4. The number of amides is 1. The van der Waals surface area contributed by atoms with E-state index in [0.717, 1.165) is 16.4 Å². The van der Waals surface area contributed by atoms with Crippen LogP contribution in [0.1, 0.15) is 21.5 Å². The van der Waals surface area contributed by atoms with Crippen molar-refractivity contribution in [1.29, 1.82) is 0 Å². The molecule has 0 aromatic heterocycles. The number of rotatable bonds is 8. The standard InChI is InChI=1S/C24H26ClN3O3S/c1-27(2)17-19-11-9-18(10-12-19)16-26-24(29)20-13-14-22(25)23(15-20)32(30,31)28(3)21-7-5-4-6-8-21/h4-15H,16-17H2,1-3H3,(H,26,29). The summed E-state index contributed by atoms with van der Waals surface area (Å²) in [6, 6.07) is 20.9. The molecule has 6 nitrogen and oxygen atoms in total. The summed E-state index contributed by atoms with van der Waals surface area (Å²) in [7, 11) is 1.52. The van der Waals surface area contributed by atoms with Crippen molar-refractivity contribution < 1.29 is 13.2 Å². The van der Waals surface area contributed by atoms with Crippen molar-refractivity contribution in [2.45, 2.75) is 18.0 Å². The molecule has 0 aliphatic rings. The maximum absolute atomic E-state index is 13.1. The predicted octanol–water partition coefficient (Wildman–Crippen LogP) is 4.16. The van der Waals surface area contributed by atoms with Gasteiger partial charge in [-0.1, -0.05) is 54.1 Å². The van der Waals surface area contributed by atoms with E-state index in [1.807, 2.05) is 38.4 Å². The van der Waals surface area contributed by atoms with Crippen LogP contribution in [0.3, 0.4) is 0 Å². The lowest BCUT2D eigenvalue weighted by molar-refractivity contribution is 0.0950. The third kappa shape index (κ3) is 5.68. The van der Waals surface area contributed by atoms with E-state index in [4.69, 9.17) is 11.6 Å². The van der Waals surface area contributed by atoms with Crippen molar-refractivity contribution >= 4 is 33.2 Å². The first kappa shape index (κ1) is 23.8. The molecule has 0 unspecified atom stereocenters. The van der Waals surface area contributed by atoms with E-state index in [1.165, 1.54) is 30.8 Å². The van der Waals surface area contributed by atoms with Gasteiger partial charge in [-0.2, -0.15) is 0 Å². The van der Waals surface area contributed by atoms with Crippen LogP contribution in [0, 0.1) is 0 Å². The zero-order valence-corrected chi connectivity index (χ0v) is 19.8. The fraction of sp³-hybridized carbons (Fsp3) is 0.208. The first-order chi connectivity index (χ1) is 15.2. The number of para-hydroxylation sites is 1. The Morgan fingerprint density at radius 1 is 0.906 bits per heavy atom. The summed E-state index contributed by atoms with van der Waals surface area (Å²) in [5.74, 6) is -0.377. The summed E-state index contributed by atoms with van der Waals surface area (Å²) >= 11 is 6.20. The lowest BCUT2D eigenvalue weighted by atomic mass is 10.1. The number of hydrogen-bond donors (Lipinski definition) is 1. The van der Waals surface area contributed by atoms with Crippen molar-refractivity contribution in [2.24, 2.45) is 0 Å². The number of benzene rings is 3. The van der Waals surface area contributed by atoms with Gasteiger partial charge < -0.3 is 10.2 Å². The lowest BCUT2D eigenvalue weighted by Crippen LogP contribution is -2.28. The minimum Gasteiger partial charge on any atom is -0.348 e. The zero-order valence-electron chi connectivity index (χ0n) is 18.2. The van der Waals surface area contributed by atoms with Gasteiger partial charge in [-0.3, -0.25) is 9.10 Å². The Morgan fingerprint density at radius 2 is 1.53 bits per heavy atom. The third-order valence-electron chi connectivity index (χ3n) is 4.93. The van der Waals surface area contributed by atoms with Crippen LogP contribution in [0.15, 0.2) is 77.7 Å². The predicted molar refractivity (Wildman–Crippen MR) is 128 cm³/mol. The Balaban J connectivity index is 1.75. The van der Waals surface area contributed by atoms with Gasteiger partial charge in [0.05, 0.1) is 10.7 Å². The van der Waals surface area contributed by atoms with Crippen molar-refractivity contribution in [2.75, 3.05) is 25.4 Å². The van der Waals surface area contributed by atoms with Crippen LogP contribution in [0.2, 0.25) is 5.02 Å². The molecule has 168 valence electrons. The maximum Gasteiger partial charge on any atom is 0.265 e. The highest BCUT2D eigenvalue weighted by Crippen LogP contribution is 2.28. The summed E-state index contributed by atoms with van der Waals surface area (Å²) in [4.78, 5) is 14.7. The van der Waals surface area contributed by atoms with E-state index < -0.39 is 10.0 Å². The molecule has 0 aliphatic carbocycles. The van der Waals surface area contributed by atoms with Crippen LogP contribution < -0.4 is 9.62 Å². The van der Waals surface area contributed by atoms with E-state index in [0.29, 0.717) is 12.2 Å². The number of nitrogens with one attached hydrogen (secondary N) is 1. The molecule has 32 heavy (non-hydrogen) atoms. The number of hydrogen-bond acceptors (Lipinski definition) is 4. The Hall–Kier alpha value is -2.87. The number of carbonyl (C=O) groups excluding carboxylic acids is 1. The quantitative estimate of drug-likeness (QED) is 0.535. The Morgan fingerprint density at radius 3 is 2.16 bits per heavy atom. The Bertz CT molecular complexity index is 1180. The minimum atomic E-state index is -3.94. The summed E-state index contributed by atoms with van der Waals surface area (Å²) in [6.45, 7) is 1.17. The molecule has 0 saturated carbocycles. The molecule has 0 atom stereocenters. The maximum atomic E-state index is 13.1. The smallest absolute Gasteiger partial charge is 0.265 e. The highest BCUT2D eigenvalue weighted by atomic mass is 35.5. The molecule has 0 spiro atoms. The number of sulfonamides is 1.